The summed E-state index contributed by atoms with van der Waals surface area (Å²) in [4.78, 5) is 38.9. The Morgan fingerprint density at radius 2 is 1.84 bits per heavy atom. The number of benzene rings is 2. The second kappa shape index (κ2) is 8.75. The summed E-state index contributed by atoms with van der Waals surface area (Å²) in [6, 6.07) is 11.6. The third kappa shape index (κ3) is 4.21. The monoisotopic (exact) mass is 473 g/mol. The van der Waals surface area contributed by atoms with Crippen LogP contribution in [0.3, 0.4) is 0 Å². The smallest absolute Gasteiger partial charge is 0.245 e. The summed E-state index contributed by atoms with van der Waals surface area (Å²) >= 11 is 12.9. The number of para-hydroxylation sites is 1. The molecule has 32 heavy (non-hydrogen) atoms. The van der Waals surface area contributed by atoms with E-state index in [1.54, 1.807) is 12.1 Å². The van der Waals surface area contributed by atoms with E-state index in [0.29, 0.717) is 22.0 Å². The van der Waals surface area contributed by atoms with Gasteiger partial charge in [-0.3, -0.25) is 19.7 Å². The van der Waals surface area contributed by atoms with Gasteiger partial charge >= 0.3 is 0 Å². The molecule has 2 aromatic rings. The van der Waals surface area contributed by atoms with Crippen molar-refractivity contribution in [3.63, 3.8) is 0 Å². The maximum Gasteiger partial charge on any atom is 0.245 e. The highest BCUT2D eigenvalue weighted by Crippen LogP contribution is 2.37. The normalized spacial score (nSPS) is 18.4. The van der Waals surface area contributed by atoms with Gasteiger partial charge in [-0.15, -0.1) is 0 Å². The maximum atomic E-state index is 13.1. The van der Waals surface area contributed by atoms with Crippen LogP contribution in [-0.2, 0) is 27.3 Å². The zero-order chi connectivity index (χ0) is 23.0. The molecule has 0 spiro atoms. The zero-order valence-corrected chi connectivity index (χ0v) is 19.5. The highest BCUT2D eigenvalue weighted by atomic mass is 35.5. The van der Waals surface area contributed by atoms with Crippen molar-refractivity contribution in [3.8, 4) is 0 Å². The van der Waals surface area contributed by atoms with Crippen LogP contribution >= 0.6 is 23.2 Å². The van der Waals surface area contributed by atoms with Crippen molar-refractivity contribution < 1.29 is 14.4 Å². The van der Waals surface area contributed by atoms with Crippen LogP contribution in [0.2, 0.25) is 10.0 Å². The lowest BCUT2D eigenvalue weighted by Crippen LogP contribution is -2.54. The molecule has 4 rings (SSSR count). The van der Waals surface area contributed by atoms with Crippen LogP contribution in [0.4, 0.5) is 5.69 Å². The first kappa shape index (κ1) is 22.6. The van der Waals surface area contributed by atoms with Crippen molar-refractivity contribution in [2.24, 2.45) is 0 Å². The summed E-state index contributed by atoms with van der Waals surface area (Å²) in [5.74, 6) is -1.35. The van der Waals surface area contributed by atoms with E-state index in [-0.39, 0.29) is 24.8 Å². The first-order chi connectivity index (χ1) is 15.2. The first-order valence-electron chi connectivity index (χ1n) is 10.6. The average molecular weight is 474 g/mol. The number of imide groups is 1. The fourth-order valence-electron chi connectivity index (χ4n) is 4.48. The van der Waals surface area contributed by atoms with E-state index in [4.69, 9.17) is 23.2 Å². The van der Waals surface area contributed by atoms with E-state index < -0.39 is 17.4 Å². The van der Waals surface area contributed by atoms with Gasteiger partial charge in [0.2, 0.25) is 17.7 Å². The number of anilines is 1. The van der Waals surface area contributed by atoms with Gasteiger partial charge in [-0.05, 0) is 56.0 Å². The number of piperidine rings is 1. The Morgan fingerprint density at radius 3 is 2.53 bits per heavy atom. The molecule has 2 aliphatic heterocycles. The molecular formula is C24H25Cl2N3O3. The van der Waals surface area contributed by atoms with Crippen LogP contribution in [0.15, 0.2) is 36.4 Å². The third-order valence-corrected chi connectivity index (χ3v) is 6.92. The molecule has 0 radical (unpaired) electrons. The Hall–Kier alpha value is -2.57. The minimum absolute atomic E-state index is 0.101. The molecule has 2 N–H and O–H groups in total. The van der Waals surface area contributed by atoms with Gasteiger partial charge in [0.15, 0.2) is 0 Å². The van der Waals surface area contributed by atoms with Gasteiger partial charge in [0.1, 0.15) is 5.54 Å². The minimum atomic E-state index is -0.729. The van der Waals surface area contributed by atoms with Gasteiger partial charge in [0.05, 0.1) is 5.92 Å². The summed E-state index contributed by atoms with van der Waals surface area (Å²) in [7, 11) is 0. The number of carbonyl (C=O) groups excluding carboxylic acids is 3. The molecule has 0 bridgehead atoms. The largest absolute Gasteiger partial charge is 0.357 e. The molecule has 1 fully saturated rings. The predicted octanol–water partition coefficient (Wildman–Crippen LogP) is 3.97. The fraction of sp³-hybridized carbons (Fsp3) is 0.375. The zero-order valence-electron chi connectivity index (χ0n) is 18.0. The Kier molecular flexibility index (Phi) is 6.19. The molecule has 6 nitrogen and oxygen atoms in total. The number of rotatable bonds is 5. The summed E-state index contributed by atoms with van der Waals surface area (Å²) in [6.07, 6.45) is 1.53. The molecule has 2 heterocycles. The van der Waals surface area contributed by atoms with E-state index in [9.17, 15) is 14.4 Å². The second-order valence-electron chi connectivity index (χ2n) is 8.75. The van der Waals surface area contributed by atoms with Crippen LogP contribution in [0.1, 0.15) is 49.3 Å². The lowest BCUT2D eigenvalue weighted by Gasteiger charge is -2.36. The molecule has 2 aliphatic rings. The van der Waals surface area contributed by atoms with Crippen LogP contribution < -0.4 is 15.5 Å². The van der Waals surface area contributed by atoms with Gasteiger partial charge in [-0.2, -0.15) is 0 Å². The van der Waals surface area contributed by atoms with E-state index in [1.807, 2.05) is 32.0 Å². The predicted molar refractivity (Wildman–Crippen MR) is 125 cm³/mol. The molecule has 3 amide bonds. The SMILES string of the molecule is CC(C)(C(=O)NCc1cc(Cl)c(C2CCC(=O)NC2=O)c(Cl)c1)N1CCc2ccccc21. The van der Waals surface area contributed by atoms with Crippen LogP contribution in [0.5, 0.6) is 0 Å². The van der Waals surface area contributed by atoms with Crippen LogP contribution in [0.25, 0.3) is 0 Å². The first-order valence-corrected chi connectivity index (χ1v) is 11.4. The molecule has 0 saturated carbocycles. The molecule has 0 aliphatic carbocycles. The Balaban J connectivity index is 1.46. The van der Waals surface area contributed by atoms with Crippen LogP contribution in [0, 0.1) is 0 Å². The number of nitrogens with one attached hydrogen (secondary N) is 2. The number of fused-ring (bicyclic) bond motifs is 1. The van der Waals surface area contributed by atoms with Crippen LogP contribution in [-0.4, -0.2) is 29.8 Å². The van der Waals surface area contributed by atoms with Crippen molar-refractivity contribution >= 4 is 46.6 Å². The molecule has 1 atom stereocenters. The topological polar surface area (TPSA) is 78.5 Å². The standard InChI is InChI=1S/C24H25Cl2N3O3/c1-24(2,29-10-9-15-5-3-4-6-19(15)29)23(32)27-13-14-11-17(25)21(18(26)12-14)16-7-8-20(30)28-22(16)31/h3-6,11-12,16H,7-10,13H2,1-2H3,(H,27,32)(H,28,30,31). The Morgan fingerprint density at radius 1 is 1.16 bits per heavy atom. The maximum absolute atomic E-state index is 13.1. The van der Waals surface area contributed by atoms with E-state index in [0.717, 1.165) is 24.2 Å². The lowest BCUT2D eigenvalue weighted by atomic mass is 9.90. The van der Waals surface area contributed by atoms with Crippen molar-refractivity contribution in [2.45, 2.75) is 51.1 Å². The summed E-state index contributed by atoms with van der Waals surface area (Å²) in [5, 5.41) is 6.03. The highest BCUT2D eigenvalue weighted by molar-refractivity contribution is 6.36. The molecule has 1 saturated heterocycles. The van der Waals surface area contributed by atoms with Gasteiger partial charge < -0.3 is 10.2 Å². The average Bonchev–Trinajstić information content (AvgIpc) is 3.18. The Bertz CT molecular complexity index is 1080. The van der Waals surface area contributed by atoms with Gasteiger partial charge in [0.25, 0.3) is 0 Å². The number of hydrogen-bond donors (Lipinski definition) is 2. The molecule has 2 aromatic carbocycles. The quantitative estimate of drug-likeness (QED) is 0.643. The van der Waals surface area contributed by atoms with E-state index >= 15 is 0 Å². The molecule has 8 heteroatoms. The third-order valence-electron chi connectivity index (χ3n) is 6.30. The number of amides is 3. The van der Waals surface area contributed by atoms with Gasteiger partial charge in [-0.25, -0.2) is 0 Å². The van der Waals surface area contributed by atoms with Gasteiger partial charge in [0, 0.05) is 40.8 Å². The van der Waals surface area contributed by atoms with Crippen molar-refractivity contribution in [1.29, 1.82) is 0 Å². The van der Waals surface area contributed by atoms with E-state index in [2.05, 4.69) is 21.6 Å². The lowest BCUT2D eigenvalue weighted by molar-refractivity contribution is -0.134. The van der Waals surface area contributed by atoms with Crippen molar-refractivity contribution in [2.75, 3.05) is 11.4 Å². The van der Waals surface area contributed by atoms with Gasteiger partial charge in [-0.1, -0.05) is 41.4 Å². The number of nitrogens with zero attached hydrogens (tertiary/aromatic N) is 1. The molecule has 1 unspecified atom stereocenters. The van der Waals surface area contributed by atoms with Crippen molar-refractivity contribution in [3.05, 3.63) is 63.1 Å². The number of carbonyl (C=O) groups is 3. The molecule has 168 valence electrons. The fourth-order valence-corrected chi connectivity index (χ4v) is 5.28. The Labute approximate surface area is 197 Å². The van der Waals surface area contributed by atoms with Crippen molar-refractivity contribution in [1.82, 2.24) is 10.6 Å². The second-order valence-corrected chi connectivity index (χ2v) is 9.56. The molecular weight excluding hydrogens is 449 g/mol. The minimum Gasteiger partial charge on any atom is -0.357 e. The van der Waals surface area contributed by atoms with E-state index in [1.165, 1.54) is 5.56 Å². The summed E-state index contributed by atoms with van der Waals surface area (Å²) in [5.41, 5.74) is 2.86. The number of halogens is 2. The molecule has 0 aromatic heterocycles. The number of hydrogen-bond acceptors (Lipinski definition) is 4. The highest BCUT2D eigenvalue weighted by Gasteiger charge is 2.38. The summed E-state index contributed by atoms with van der Waals surface area (Å²) < 4.78 is 0. The summed E-state index contributed by atoms with van der Waals surface area (Å²) in [6.45, 7) is 4.87.